The highest BCUT2D eigenvalue weighted by molar-refractivity contribution is 8.33. The van der Waals surface area contributed by atoms with Gasteiger partial charge in [0.25, 0.3) is 0 Å². The minimum atomic E-state index is -1.05. The lowest BCUT2D eigenvalue weighted by molar-refractivity contribution is -0.137. The molecule has 0 atom stereocenters. The number of nitrogens with zero attached hydrogens (tertiary/aromatic N) is 1. The first-order valence-corrected chi connectivity index (χ1v) is 7.14. The van der Waals surface area contributed by atoms with Gasteiger partial charge in [-0.2, -0.15) is 0 Å². The van der Waals surface area contributed by atoms with E-state index in [0.29, 0.717) is 17.1 Å². The highest BCUT2D eigenvalue weighted by atomic mass is 32.2. The van der Waals surface area contributed by atoms with E-state index in [-0.39, 0.29) is 28.5 Å². The molecule has 2 aliphatic heterocycles. The number of aliphatic carboxylic acids is 1. The lowest BCUT2D eigenvalue weighted by atomic mass is 10.1. The molecule has 0 spiro atoms. The number of ether oxygens (including phenoxy) is 2. The zero-order valence-corrected chi connectivity index (χ0v) is 12.2. The van der Waals surface area contributed by atoms with Crippen molar-refractivity contribution in [2.75, 3.05) is 13.3 Å². The van der Waals surface area contributed by atoms with Gasteiger partial charge >= 0.3 is 5.97 Å². The molecule has 0 saturated carbocycles. The number of thioether (sulfide) groups is 1. The maximum Gasteiger partial charge on any atom is 0.323 e. The standard InChI is InChI=1S/C13H9NO5S2/c15-11(16)5-14-8(12(17)21-13(14)20)3-7-1-2-9-10(4-7)19-6-18-9/h1-4H,5-6H2,(H,15,16)/b8-3+. The Balaban J connectivity index is 1.94. The molecule has 0 bridgehead atoms. The number of benzene rings is 1. The maximum absolute atomic E-state index is 11.9. The van der Waals surface area contributed by atoms with E-state index >= 15 is 0 Å². The second-order valence-electron chi connectivity index (χ2n) is 4.28. The van der Waals surface area contributed by atoms with Crippen LogP contribution in [0.5, 0.6) is 11.5 Å². The van der Waals surface area contributed by atoms with Crippen LogP contribution in [0.1, 0.15) is 5.56 Å². The molecule has 21 heavy (non-hydrogen) atoms. The van der Waals surface area contributed by atoms with Crippen LogP contribution in [-0.4, -0.2) is 38.7 Å². The van der Waals surface area contributed by atoms with E-state index < -0.39 is 5.97 Å². The van der Waals surface area contributed by atoms with Crippen LogP contribution in [-0.2, 0) is 9.59 Å². The summed E-state index contributed by atoms with van der Waals surface area (Å²) < 4.78 is 10.7. The van der Waals surface area contributed by atoms with E-state index in [0.717, 1.165) is 11.8 Å². The van der Waals surface area contributed by atoms with Crippen molar-refractivity contribution >= 4 is 45.5 Å². The smallest absolute Gasteiger partial charge is 0.323 e. The summed E-state index contributed by atoms with van der Waals surface area (Å²) >= 11 is 5.88. The summed E-state index contributed by atoms with van der Waals surface area (Å²) in [6, 6.07) is 5.23. The fourth-order valence-electron chi connectivity index (χ4n) is 1.98. The van der Waals surface area contributed by atoms with Gasteiger partial charge in [0, 0.05) is 0 Å². The molecular formula is C13H9NO5S2. The number of carbonyl (C=O) groups excluding carboxylic acids is 1. The average molecular weight is 323 g/mol. The number of thiocarbonyl (C=S) groups is 1. The molecule has 6 nitrogen and oxygen atoms in total. The largest absolute Gasteiger partial charge is 0.480 e. The van der Waals surface area contributed by atoms with Crippen molar-refractivity contribution in [2.45, 2.75) is 0 Å². The Morgan fingerprint density at radius 3 is 2.95 bits per heavy atom. The van der Waals surface area contributed by atoms with Crippen LogP contribution in [0, 0.1) is 0 Å². The van der Waals surface area contributed by atoms with E-state index in [1.807, 2.05) is 0 Å². The van der Waals surface area contributed by atoms with Gasteiger partial charge in [0.2, 0.25) is 11.9 Å². The molecule has 1 N–H and O–H groups in total. The maximum atomic E-state index is 11.9. The molecule has 2 aliphatic rings. The monoisotopic (exact) mass is 323 g/mol. The fourth-order valence-corrected chi connectivity index (χ4v) is 3.07. The predicted molar refractivity (Wildman–Crippen MR) is 80.1 cm³/mol. The third-order valence-electron chi connectivity index (χ3n) is 2.89. The second-order valence-corrected chi connectivity index (χ2v) is 5.88. The van der Waals surface area contributed by atoms with Gasteiger partial charge in [0.05, 0.1) is 5.70 Å². The Morgan fingerprint density at radius 1 is 1.43 bits per heavy atom. The quantitative estimate of drug-likeness (QED) is 0.665. The number of fused-ring (bicyclic) bond motifs is 1. The number of hydrogen-bond donors (Lipinski definition) is 1. The number of carboxylic acid groups (broad SMARTS) is 1. The van der Waals surface area contributed by atoms with Gasteiger partial charge in [-0.05, 0) is 35.5 Å². The second kappa shape index (κ2) is 5.38. The minimum absolute atomic E-state index is 0.166. The first-order valence-electron chi connectivity index (χ1n) is 5.91. The zero-order chi connectivity index (χ0) is 15.0. The van der Waals surface area contributed by atoms with Crippen LogP contribution < -0.4 is 9.47 Å². The number of hydrogen-bond acceptors (Lipinski definition) is 6. The topological polar surface area (TPSA) is 76.1 Å². The molecule has 1 aromatic rings. The first kappa shape index (κ1) is 13.9. The van der Waals surface area contributed by atoms with Crippen LogP contribution in [0.3, 0.4) is 0 Å². The van der Waals surface area contributed by atoms with Crippen LogP contribution >= 0.6 is 24.0 Å². The van der Waals surface area contributed by atoms with E-state index in [4.69, 9.17) is 26.8 Å². The van der Waals surface area contributed by atoms with Crippen molar-refractivity contribution in [2.24, 2.45) is 0 Å². The molecule has 0 amide bonds. The van der Waals surface area contributed by atoms with Gasteiger partial charge in [-0.25, -0.2) is 0 Å². The molecular weight excluding hydrogens is 314 g/mol. The molecule has 0 aromatic heterocycles. The van der Waals surface area contributed by atoms with Gasteiger partial charge < -0.3 is 19.5 Å². The van der Waals surface area contributed by atoms with Crippen molar-refractivity contribution in [3.8, 4) is 11.5 Å². The Hall–Kier alpha value is -2.06. The molecule has 108 valence electrons. The average Bonchev–Trinajstić information content (AvgIpc) is 2.97. The highest BCUT2D eigenvalue weighted by Gasteiger charge is 2.33. The summed E-state index contributed by atoms with van der Waals surface area (Å²) in [6.45, 7) is -0.173. The Kier molecular flexibility index (Phi) is 3.56. The van der Waals surface area contributed by atoms with Crippen molar-refractivity contribution in [3.63, 3.8) is 0 Å². The molecule has 1 saturated heterocycles. The number of rotatable bonds is 3. The first-order chi connectivity index (χ1) is 10.0. The Bertz CT molecular complexity index is 685. The van der Waals surface area contributed by atoms with Crippen molar-refractivity contribution < 1.29 is 24.2 Å². The molecule has 0 radical (unpaired) electrons. The highest BCUT2D eigenvalue weighted by Crippen LogP contribution is 2.35. The minimum Gasteiger partial charge on any atom is -0.480 e. The summed E-state index contributed by atoms with van der Waals surface area (Å²) in [7, 11) is 0. The van der Waals surface area contributed by atoms with Crippen molar-refractivity contribution in [1.82, 2.24) is 4.90 Å². The summed E-state index contributed by atoms with van der Waals surface area (Å²) in [5, 5.41) is 8.64. The van der Waals surface area contributed by atoms with Crippen LogP contribution in [0.15, 0.2) is 23.9 Å². The summed E-state index contributed by atoms with van der Waals surface area (Å²) in [4.78, 5) is 24.1. The van der Waals surface area contributed by atoms with Crippen LogP contribution in [0.25, 0.3) is 6.08 Å². The van der Waals surface area contributed by atoms with E-state index in [1.165, 1.54) is 4.90 Å². The number of carbonyl (C=O) groups is 2. The van der Waals surface area contributed by atoms with Crippen molar-refractivity contribution in [1.29, 1.82) is 0 Å². The Labute approximate surface area is 129 Å². The molecule has 8 heteroatoms. The Morgan fingerprint density at radius 2 is 2.19 bits per heavy atom. The normalized spacial score (nSPS) is 18.7. The van der Waals surface area contributed by atoms with Crippen LogP contribution in [0.4, 0.5) is 0 Å². The predicted octanol–water partition coefficient (Wildman–Crippen LogP) is 1.70. The van der Waals surface area contributed by atoms with Gasteiger partial charge in [0.1, 0.15) is 10.9 Å². The molecule has 3 rings (SSSR count). The zero-order valence-electron chi connectivity index (χ0n) is 10.6. The summed E-state index contributed by atoms with van der Waals surface area (Å²) in [5.41, 5.74) is 0.967. The third-order valence-corrected chi connectivity index (χ3v) is 4.15. The molecule has 1 fully saturated rings. The third kappa shape index (κ3) is 2.72. The summed E-state index contributed by atoms with van der Waals surface area (Å²) in [6.07, 6.45) is 1.60. The van der Waals surface area contributed by atoms with E-state index in [9.17, 15) is 9.59 Å². The molecule has 1 aromatic carbocycles. The van der Waals surface area contributed by atoms with Crippen molar-refractivity contribution in [3.05, 3.63) is 29.5 Å². The fraction of sp³-hybridized carbons (Fsp3) is 0.154. The lowest BCUT2D eigenvalue weighted by Gasteiger charge is -2.14. The number of carboxylic acids is 1. The van der Waals surface area contributed by atoms with Gasteiger partial charge in [-0.1, -0.05) is 18.3 Å². The van der Waals surface area contributed by atoms with Gasteiger partial charge in [0.15, 0.2) is 11.5 Å². The van der Waals surface area contributed by atoms with Gasteiger partial charge in [-0.3, -0.25) is 9.59 Å². The van der Waals surface area contributed by atoms with Gasteiger partial charge in [-0.15, -0.1) is 0 Å². The molecule has 2 heterocycles. The SMILES string of the molecule is O=C(O)CN1C(=S)SC(=O)/C1=C\c1ccc2c(c1)OCO2. The van der Waals surface area contributed by atoms with Crippen LogP contribution in [0.2, 0.25) is 0 Å². The van der Waals surface area contributed by atoms with E-state index in [2.05, 4.69) is 0 Å². The van der Waals surface area contributed by atoms with E-state index in [1.54, 1.807) is 24.3 Å². The lowest BCUT2D eigenvalue weighted by Crippen LogP contribution is -2.28. The molecule has 0 unspecified atom stereocenters. The molecule has 0 aliphatic carbocycles. The summed E-state index contributed by atoms with van der Waals surface area (Å²) in [5.74, 6) is 0.182.